The van der Waals surface area contributed by atoms with Gasteiger partial charge in [-0.05, 0) is 68.2 Å². The van der Waals surface area contributed by atoms with Gasteiger partial charge in [-0.3, -0.25) is 9.59 Å². The van der Waals surface area contributed by atoms with Crippen molar-refractivity contribution in [2.45, 2.75) is 32.7 Å². The summed E-state index contributed by atoms with van der Waals surface area (Å²) in [5, 5.41) is 5.78. The molecule has 0 aliphatic heterocycles. The van der Waals surface area contributed by atoms with Gasteiger partial charge in [0.25, 0.3) is 11.8 Å². The smallest absolute Gasteiger partial charge is 0.273 e. The molecule has 1 aromatic heterocycles. The van der Waals surface area contributed by atoms with E-state index in [0.29, 0.717) is 33.3 Å². The van der Waals surface area contributed by atoms with Crippen molar-refractivity contribution in [1.82, 2.24) is 14.9 Å². The Balaban J connectivity index is 0.000000269. The van der Waals surface area contributed by atoms with E-state index in [-0.39, 0.29) is 11.8 Å². The fourth-order valence-corrected chi connectivity index (χ4v) is 2.96. The zero-order valence-corrected chi connectivity index (χ0v) is 18.8. The normalized spacial score (nSPS) is 12.5. The first kappa shape index (κ1) is 23.3. The van der Waals surface area contributed by atoms with Gasteiger partial charge in [-0.2, -0.15) is 0 Å². The van der Waals surface area contributed by atoms with Crippen molar-refractivity contribution in [2.75, 3.05) is 5.32 Å². The number of amides is 2. The van der Waals surface area contributed by atoms with Crippen molar-refractivity contribution in [3.05, 3.63) is 81.4 Å². The van der Waals surface area contributed by atoms with Crippen LogP contribution in [0.5, 0.6) is 0 Å². The van der Waals surface area contributed by atoms with Gasteiger partial charge in [-0.15, -0.1) is 0 Å². The molecule has 0 spiro atoms. The number of H-pyrrole nitrogens is 1. The van der Waals surface area contributed by atoms with E-state index in [0.717, 1.165) is 24.5 Å². The minimum atomic E-state index is -0.530. The number of benzene rings is 2. The van der Waals surface area contributed by atoms with Gasteiger partial charge in [-0.25, -0.2) is 8.78 Å². The van der Waals surface area contributed by atoms with Gasteiger partial charge in [0.2, 0.25) is 0 Å². The number of halogens is 2. The molecule has 0 saturated heterocycles. The fraction of sp³-hybridized carbons (Fsp3) is 0.261. The number of anilines is 1. The second-order valence-electron chi connectivity index (χ2n) is 7.66. The van der Waals surface area contributed by atoms with Crippen LogP contribution in [0.3, 0.4) is 0 Å². The van der Waals surface area contributed by atoms with E-state index < -0.39 is 11.6 Å². The van der Waals surface area contributed by atoms with Crippen LogP contribution in [0.2, 0.25) is 0 Å². The number of rotatable bonds is 4. The predicted octanol–water partition coefficient (Wildman–Crippen LogP) is 4.81. The van der Waals surface area contributed by atoms with E-state index in [1.165, 1.54) is 12.1 Å². The standard InChI is InChI=1S/C16H18N4O2S.C7H6F2/c1-9-3-4-10(14(21)18-11-5-6-11)7-12(9)19-15(22)13-8-17-16(23)20(13)2;1-5-2-3-6(8)4-7(5)9/h3-4,7-8,11H,5-6H2,1-2H3,(H,17,23)(H,18,21)(H,19,22);2-4H,1H3. The third kappa shape index (κ3) is 5.88. The highest BCUT2D eigenvalue weighted by atomic mass is 32.1. The molecule has 32 heavy (non-hydrogen) atoms. The molecule has 0 radical (unpaired) electrons. The summed E-state index contributed by atoms with van der Waals surface area (Å²) >= 11 is 5.06. The lowest BCUT2D eigenvalue weighted by molar-refractivity contribution is 0.0949. The molecule has 3 N–H and O–H groups in total. The van der Waals surface area contributed by atoms with Crippen LogP contribution in [0.1, 0.15) is 44.8 Å². The molecule has 0 atom stereocenters. The Morgan fingerprint density at radius 3 is 2.31 bits per heavy atom. The Morgan fingerprint density at radius 2 is 1.75 bits per heavy atom. The lowest BCUT2D eigenvalue weighted by Crippen LogP contribution is -2.25. The number of nitrogens with zero attached hydrogens (tertiary/aromatic N) is 1. The Bertz CT molecular complexity index is 1210. The fourth-order valence-electron chi connectivity index (χ4n) is 2.80. The molecular formula is C23H24F2N4O2S. The van der Waals surface area contributed by atoms with E-state index in [1.807, 2.05) is 13.0 Å². The Morgan fingerprint density at radius 1 is 1.06 bits per heavy atom. The van der Waals surface area contributed by atoms with Crippen molar-refractivity contribution >= 4 is 29.7 Å². The average Bonchev–Trinajstić information content (AvgIpc) is 3.50. The summed E-state index contributed by atoms with van der Waals surface area (Å²) in [5.41, 5.74) is 2.95. The van der Waals surface area contributed by atoms with Gasteiger partial charge in [0.05, 0.1) is 0 Å². The Labute approximate surface area is 189 Å². The number of hydrogen-bond donors (Lipinski definition) is 3. The largest absolute Gasteiger partial charge is 0.349 e. The highest BCUT2D eigenvalue weighted by Gasteiger charge is 2.24. The van der Waals surface area contributed by atoms with Crippen LogP contribution in [-0.4, -0.2) is 27.4 Å². The molecule has 1 saturated carbocycles. The average molecular weight is 459 g/mol. The SMILES string of the molecule is Cc1ccc(C(=O)NC2CC2)cc1NC(=O)c1c[nH]c(=S)n1C.Cc1ccc(F)cc1F. The van der Waals surface area contributed by atoms with E-state index in [4.69, 9.17) is 12.2 Å². The molecule has 4 rings (SSSR count). The van der Waals surface area contributed by atoms with E-state index in [1.54, 1.807) is 36.9 Å². The van der Waals surface area contributed by atoms with Crippen LogP contribution in [0.4, 0.5) is 14.5 Å². The first-order chi connectivity index (χ1) is 15.2. The first-order valence-corrected chi connectivity index (χ1v) is 10.5. The number of hydrogen-bond acceptors (Lipinski definition) is 3. The highest BCUT2D eigenvalue weighted by molar-refractivity contribution is 7.71. The van der Waals surface area contributed by atoms with Gasteiger partial charge in [0.1, 0.15) is 17.3 Å². The van der Waals surface area contributed by atoms with Crippen molar-refractivity contribution in [1.29, 1.82) is 0 Å². The molecule has 2 amide bonds. The summed E-state index contributed by atoms with van der Waals surface area (Å²) in [6.07, 6.45) is 3.64. The number of imidazole rings is 1. The maximum absolute atomic E-state index is 12.4. The number of carbonyl (C=O) groups is 2. The summed E-state index contributed by atoms with van der Waals surface area (Å²) in [6, 6.07) is 9.10. The number of nitrogens with one attached hydrogen (secondary N) is 3. The lowest BCUT2D eigenvalue weighted by Gasteiger charge is -2.11. The molecule has 1 heterocycles. The summed E-state index contributed by atoms with van der Waals surface area (Å²) in [5.74, 6) is -1.40. The molecule has 168 valence electrons. The van der Waals surface area contributed by atoms with Crippen LogP contribution >= 0.6 is 12.2 Å². The van der Waals surface area contributed by atoms with Gasteiger partial charge in [-0.1, -0.05) is 12.1 Å². The van der Waals surface area contributed by atoms with E-state index in [2.05, 4.69) is 15.6 Å². The highest BCUT2D eigenvalue weighted by Crippen LogP contribution is 2.21. The molecular weight excluding hydrogens is 434 g/mol. The third-order valence-corrected chi connectivity index (χ3v) is 5.42. The Kier molecular flexibility index (Phi) is 7.19. The summed E-state index contributed by atoms with van der Waals surface area (Å²) in [7, 11) is 1.72. The second-order valence-corrected chi connectivity index (χ2v) is 8.05. The number of aromatic amines is 1. The third-order valence-electron chi connectivity index (χ3n) is 5.03. The zero-order chi connectivity index (χ0) is 23.4. The lowest BCUT2D eigenvalue weighted by atomic mass is 10.1. The van der Waals surface area contributed by atoms with E-state index >= 15 is 0 Å². The number of carbonyl (C=O) groups excluding carboxylic acids is 2. The molecule has 2 aromatic carbocycles. The number of aromatic nitrogens is 2. The monoisotopic (exact) mass is 458 g/mol. The molecule has 0 bridgehead atoms. The van der Waals surface area contributed by atoms with E-state index in [9.17, 15) is 18.4 Å². The van der Waals surface area contributed by atoms with Crippen molar-refractivity contribution in [3.8, 4) is 0 Å². The second kappa shape index (κ2) is 9.86. The van der Waals surface area contributed by atoms with Crippen LogP contribution in [0.15, 0.2) is 42.6 Å². The first-order valence-electron chi connectivity index (χ1n) is 10.0. The molecule has 1 aliphatic rings. The minimum absolute atomic E-state index is 0.108. The Hall–Kier alpha value is -3.33. The molecule has 0 unspecified atom stereocenters. The molecule has 1 fully saturated rings. The summed E-state index contributed by atoms with van der Waals surface area (Å²) in [4.78, 5) is 27.3. The van der Waals surface area contributed by atoms with Crippen LogP contribution in [-0.2, 0) is 7.05 Å². The van der Waals surface area contributed by atoms with Gasteiger partial charge < -0.3 is 20.2 Å². The van der Waals surface area contributed by atoms with Crippen LogP contribution in [0.25, 0.3) is 0 Å². The minimum Gasteiger partial charge on any atom is -0.349 e. The molecule has 9 heteroatoms. The topological polar surface area (TPSA) is 78.9 Å². The number of aryl methyl sites for hydroxylation is 2. The molecule has 3 aromatic rings. The summed E-state index contributed by atoms with van der Waals surface area (Å²) < 4.78 is 26.5. The van der Waals surface area contributed by atoms with Crippen molar-refractivity contribution < 1.29 is 18.4 Å². The summed E-state index contributed by atoms with van der Waals surface area (Å²) in [6.45, 7) is 3.47. The van der Waals surface area contributed by atoms with Gasteiger partial charge in [0.15, 0.2) is 4.77 Å². The van der Waals surface area contributed by atoms with Crippen LogP contribution < -0.4 is 10.6 Å². The van der Waals surface area contributed by atoms with Gasteiger partial charge >= 0.3 is 0 Å². The quantitative estimate of drug-likeness (QED) is 0.491. The van der Waals surface area contributed by atoms with Crippen molar-refractivity contribution in [2.24, 2.45) is 7.05 Å². The maximum Gasteiger partial charge on any atom is 0.273 e. The molecule has 1 aliphatic carbocycles. The molecule has 6 nitrogen and oxygen atoms in total. The van der Waals surface area contributed by atoms with Crippen molar-refractivity contribution in [3.63, 3.8) is 0 Å². The predicted molar refractivity (Wildman–Crippen MR) is 121 cm³/mol. The zero-order valence-electron chi connectivity index (χ0n) is 18.0. The maximum atomic E-state index is 12.4. The van der Waals surface area contributed by atoms with Gasteiger partial charge in [0, 0.05) is 36.6 Å². The van der Waals surface area contributed by atoms with Crippen LogP contribution in [0, 0.1) is 30.3 Å².